The molecule has 1 heterocycles. The van der Waals surface area contributed by atoms with Crippen molar-refractivity contribution in [1.29, 1.82) is 5.41 Å². The predicted octanol–water partition coefficient (Wildman–Crippen LogP) is 6.72. The molecule has 0 unspecified atom stereocenters. The number of nitrogens with one attached hydrogen (secondary N) is 3. The van der Waals surface area contributed by atoms with Crippen LogP contribution in [0.5, 0.6) is 0 Å². The normalized spacial score (nSPS) is 12.2. The van der Waals surface area contributed by atoms with Crippen molar-refractivity contribution in [3.63, 3.8) is 0 Å². The number of halogens is 6. The second-order valence-electron chi connectivity index (χ2n) is 6.48. The number of benzene rings is 2. The van der Waals surface area contributed by atoms with Crippen molar-refractivity contribution in [1.82, 2.24) is 10.5 Å². The second-order valence-corrected chi connectivity index (χ2v) is 7.73. The summed E-state index contributed by atoms with van der Waals surface area (Å²) in [5, 5.41) is 16.5. The van der Waals surface area contributed by atoms with E-state index in [1.54, 1.807) is 0 Å². The van der Waals surface area contributed by atoms with Gasteiger partial charge in [-0.25, -0.2) is 4.39 Å². The van der Waals surface area contributed by atoms with Gasteiger partial charge in [-0.1, -0.05) is 52.7 Å². The van der Waals surface area contributed by atoms with Gasteiger partial charge in [0.15, 0.2) is 5.76 Å². The summed E-state index contributed by atoms with van der Waals surface area (Å²) >= 11 is 17.2. The van der Waals surface area contributed by atoms with Gasteiger partial charge in [0.25, 0.3) is 0 Å². The Bertz CT molecular complexity index is 1240. The maximum Gasteiger partial charge on any atom is 0.432 e. The number of hydrogen-bond acceptors (Lipinski definition) is 5. The zero-order chi connectivity index (χ0) is 24.3. The van der Waals surface area contributed by atoms with Crippen LogP contribution in [0.25, 0.3) is 16.8 Å². The van der Waals surface area contributed by atoms with E-state index in [9.17, 15) is 17.6 Å². The average molecular weight is 517 g/mol. The molecule has 3 aromatic rings. The molecule has 0 aliphatic rings. The van der Waals surface area contributed by atoms with Gasteiger partial charge < -0.3 is 20.6 Å². The molecule has 172 valence electrons. The number of aromatic nitrogens is 1. The summed E-state index contributed by atoms with van der Waals surface area (Å²) in [6.45, 7) is 0. The smallest absolute Gasteiger partial charge is 0.379 e. The number of anilines is 1. The largest absolute Gasteiger partial charge is 0.432 e. The third-order valence-corrected chi connectivity index (χ3v) is 5.34. The highest BCUT2D eigenvalue weighted by molar-refractivity contribution is 7.80. The van der Waals surface area contributed by atoms with Gasteiger partial charge in [-0.05, 0) is 30.3 Å². The molecule has 0 amide bonds. The maximum absolute atomic E-state index is 14.6. The Labute approximate surface area is 200 Å². The van der Waals surface area contributed by atoms with Crippen molar-refractivity contribution < 1.29 is 22.1 Å². The Kier molecular flexibility index (Phi) is 7.41. The maximum atomic E-state index is 14.6. The van der Waals surface area contributed by atoms with E-state index in [0.29, 0.717) is 6.21 Å². The lowest BCUT2D eigenvalue weighted by Gasteiger charge is -2.17. The minimum atomic E-state index is -4.95. The number of rotatable bonds is 6. The molecule has 1 aromatic heterocycles. The third kappa shape index (κ3) is 5.18. The molecule has 0 spiro atoms. The zero-order valence-electron chi connectivity index (χ0n) is 16.7. The molecule has 0 saturated heterocycles. The molecule has 3 N–H and O–H groups in total. The van der Waals surface area contributed by atoms with E-state index in [1.807, 2.05) is 0 Å². The Balaban J connectivity index is 2.31. The fourth-order valence-corrected chi connectivity index (χ4v) is 3.59. The van der Waals surface area contributed by atoms with Crippen LogP contribution in [0.3, 0.4) is 0 Å². The first-order chi connectivity index (χ1) is 15.6. The van der Waals surface area contributed by atoms with Gasteiger partial charge in [0.2, 0.25) is 0 Å². The van der Waals surface area contributed by atoms with E-state index < -0.39 is 29.0 Å². The highest BCUT2D eigenvalue weighted by atomic mass is 35.5. The van der Waals surface area contributed by atoms with Gasteiger partial charge in [-0.15, -0.1) is 0 Å². The quantitative estimate of drug-likeness (QED) is 0.192. The molecule has 0 atom stereocenters. The van der Waals surface area contributed by atoms with Crippen molar-refractivity contribution in [3.05, 3.63) is 75.3 Å². The summed E-state index contributed by atoms with van der Waals surface area (Å²) in [7, 11) is 1.43. The van der Waals surface area contributed by atoms with Crippen LogP contribution in [0.1, 0.15) is 11.3 Å². The van der Waals surface area contributed by atoms with E-state index in [0.717, 1.165) is 6.07 Å². The number of hydrogen-bond donors (Lipinski definition) is 3. The molecule has 33 heavy (non-hydrogen) atoms. The number of nitrogens with zero attached hydrogens (tertiary/aromatic N) is 1. The monoisotopic (exact) mass is 516 g/mol. The molecular formula is C21H14Cl2F4N4OS. The van der Waals surface area contributed by atoms with Crippen LogP contribution >= 0.6 is 35.4 Å². The number of alkyl halides is 3. The summed E-state index contributed by atoms with van der Waals surface area (Å²) in [6, 6.07) is 9.44. The second kappa shape index (κ2) is 9.90. The van der Waals surface area contributed by atoms with Crippen LogP contribution in [0, 0.1) is 11.2 Å². The summed E-state index contributed by atoms with van der Waals surface area (Å²) < 4.78 is 61.9. The Morgan fingerprint density at radius 1 is 1.18 bits per heavy atom. The van der Waals surface area contributed by atoms with E-state index in [-0.39, 0.29) is 37.5 Å². The van der Waals surface area contributed by atoms with Gasteiger partial charge in [0.1, 0.15) is 22.2 Å². The molecule has 2 aromatic carbocycles. The van der Waals surface area contributed by atoms with Gasteiger partial charge in [-0.2, -0.15) is 13.2 Å². The van der Waals surface area contributed by atoms with Crippen LogP contribution in [-0.2, 0) is 0 Å². The molecule has 0 aliphatic carbocycles. The van der Waals surface area contributed by atoms with Crippen LogP contribution in [0.4, 0.5) is 23.2 Å². The lowest BCUT2D eigenvalue weighted by Crippen LogP contribution is -2.23. The first kappa shape index (κ1) is 24.7. The highest BCUT2D eigenvalue weighted by Gasteiger charge is 2.39. The van der Waals surface area contributed by atoms with Gasteiger partial charge >= 0.3 is 6.18 Å². The molecule has 0 bridgehead atoms. The molecule has 3 rings (SSSR count). The Hall–Kier alpha value is -2.95. The third-order valence-electron chi connectivity index (χ3n) is 4.38. The number of allylic oxidation sites excluding steroid dienone is 2. The van der Waals surface area contributed by atoms with Crippen molar-refractivity contribution in [2.45, 2.75) is 6.18 Å². The predicted molar refractivity (Wildman–Crippen MR) is 125 cm³/mol. The molecular weight excluding hydrogens is 503 g/mol. The molecule has 0 fully saturated rings. The number of thiocarbonyl (C=S) groups is 1. The van der Waals surface area contributed by atoms with Gasteiger partial charge in [-0.3, -0.25) is 0 Å². The van der Waals surface area contributed by atoms with Crippen molar-refractivity contribution >= 4 is 57.9 Å². The first-order valence-corrected chi connectivity index (χ1v) is 10.3. The summed E-state index contributed by atoms with van der Waals surface area (Å²) in [5.74, 6) is -1.28. The minimum Gasteiger partial charge on any atom is -0.379 e. The van der Waals surface area contributed by atoms with Crippen molar-refractivity contribution in [3.8, 4) is 11.3 Å². The van der Waals surface area contributed by atoms with Crippen molar-refractivity contribution in [2.75, 3.05) is 12.4 Å². The van der Waals surface area contributed by atoms with E-state index >= 15 is 0 Å². The van der Waals surface area contributed by atoms with Crippen LogP contribution < -0.4 is 10.6 Å². The first-order valence-electron chi connectivity index (χ1n) is 9.09. The fraction of sp³-hybridized carbons (Fsp3) is 0.0952. The molecule has 0 radical (unpaired) electrons. The average Bonchev–Trinajstić information content (AvgIpc) is 3.16. The SMILES string of the molecule is CNC(=S)c1c(-c2c(F)cccc2Cl)noc1/C(C=N)=C(/Nc1cccc(Cl)c1)C(F)(F)F. The highest BCUT2D eigenvalue weighted by Crippen LogP contribution is 2.39. The fourth-order valence-electron chi connectivity index (χ4n) is 2.96. The Morgan fingerprint density at radius 2 is 1.88 bits per heavy atom. The van der Waals surface area contributed by atoms with E-state index in [4.69, 9.17) is 45.4 Å². The van der Waals surface area contributed by atoms with Gasteiger partial charge in [0.05, 0.1) is 21.7 Å². The van der Waals surface area contributed by atoms with E-state index in [1.165, 1.54) is 43.4 Å². The summed E-state index contributed by atoms with van der Waals surface area (Å²) in [5.41, 5.74) is -2.61. The standard InChI is InChI=1S/C21H14Cl2F4N4OS/c1-29-20(33)16-17(15-13(23)6-3-7-14(15)24)31-32-18(16)12(9-28)19(21(25,26)27)30-11-5-2-4-10(22)8-11/h2-9,28,30H,1H3,(H,29,33)/b19-12+,28-9?. The van der Waals surface area contributed by atoms with Crippen molar-refractivity contribution in [2.24, 2.45) is 0 Å². The topological polar surface area (TPSA) is 73.9 Å². The van der Waals surface area contributed by atoms with Crippen LogP contribution in [0.2, 0.25) is 10.0 Å². The molecule has 12 heteroatoms. The zero-order valence-corrected chi connectivity index (χ0v) is 19.0. The Morgan fingerprint density at radius 3 is 2.45 bits per heavy atom. The van der Waals surface area contributed by atoms with Crippen LogP contribution in [-0.4, -0.2) is 29.6 Å². The lowest BCUT2D eigenvalue weighted by molar-refractivity contribution is -0.0896. The molecule has 0 aliphatic heterocycles. The lowest BCUT2D eigenvalue weighted by atomic mass is 10.0. The van der Waals surface area contributed by atoms with Crippen LogP contribution in [0.15, 0.2) is 52.7 Å². The molecule has 5 nitrogen and oxygen atoms in total. The molecule has 0 saturated carbocycles. The van der Waals surface area contributed by atoms with Gasteiger partial charge in [0, 0.05) is 24.0 Å². The minimum absolute atomic E-state index is 0.0174. The summed E-state index contributed by atoms with van der Waals surface area (Å²) in [6.07, 6.45) is -4.51. The van der Waals surface area contributed by atoms with E-state index in [2.05, 4.69) is 15.8 Å². The summed E-state index contributed by atoms with van der Waals surface area (Å²) in [4.78, 5) is -0.0933.